The molecule has 0 aromatic heterocycles. The zero-order valence-corrected chi connectivity index (χ0v) is 21.5. The number of allylic oxidation sites excluding steroid dienone is 2. The van der Waals surface area contributed by atoms with Crippen LogP contribution in [0.15, 0.2) is 12.2 Å². The van der Waals surface area contributed by atoms with Crippen LogP contribution in [-0.2, 0) is 0 Å². The minimum atomic E-state index is 1.19. The molecule has 0 aliphatic carbocycles. The van der Waals surface area contributed by atoms with Gasteiger partial charge in [-0.3, -0.25) is 0 Å². The third-order valence-electron chi connectivity index (χ3n) is 6.63. The first-order chi connectivity index (χ1) is 14.9. The maximum atomic E-state index is 2.36. The van der Waals surface area contributed by atoms with Gasteiger partial charge in [-0.05, 0) is 19.3 Å². The molecule has 0 aliphatic heterocycles. The van der Waals surface area contributed by atoms with Crippen molar-refractivity contribution in [3.8, 4) is 0 Å². The molecular formula is C30H60. The lowest BCUT2D eigenvalue weighted by Gasteiger charge is -2.04. The molecule has 0 aromatic rings. The van der Waals surface area contributed by atoms with Crippen molar-refractivity contribution >= 4 is 0 Å². The average molecular weight is 421 g/mol. The third-order valence-corrected chi connectivity index (χ3v) is 6.63. The topological polar surface area (TPSA) is 0 Å². The highest BCUT2D eigenvalue weighted by atomic mass is 14.0. The summed E-state index contributed by atoms with van der Waals surface area (Å²) in [5, 5.41) is 0. The Morgan fingerprint density at radius 1 is 0.300 bits per heavy atom. The second-order valence-electron chi connectivity index (χ2n) is 9.80. The van der Waals surface area contributed by atoms with Crippen LogP contribution >= 0.6 is 0 Å². The van der Waals surface area contributed by atoms with Gasteiger partial charge in [0.05, 0.1) is 0 Å². The summed E-state index contributed by atoms with van der Waals surface area (Å²) >= 11 is 0. The van der Waals surface area contributed by atoms with Crippen LogP contribution in [0.3, 0.4) is 0 Å². The van der Waals surface area contributed by atoms with Gasteiger partial charge in [-0.1, -0.05) is 174 Å². The molecule has 0 atom stereocenters. The van der Waals surface area contributed by atoms with Crippen LogP contribution in [0.2, 0.25) is 0 Å². The molecule has 0 bridgehead atoms. The summed E-state index contributed by atoms with van der Waals surface area (Å²) in [5.41, 5.74) is 0. The van der Waals surface area contributed by atoms with Gasteiger partial charge in [-0.15, -0.1) is 0 Å². The highest BCUT2D eigenvalue weighted by Crippen LogP contribution is 2.15. The molecule has 0 amide bonds. The molecule has 0 saturated heterocycles. The Kier molecular flexibility index (Phi) is 28.5. The van der Waals surface area contributed by atoms with Crippen molar-refractivity contribution in [3.63, 3.8) is 0 Å². The van der Waals surface area contributed by atoms with Crippen LogP contribution in [0.25, 0.3) is 0 Å². The van der Waals surface area contributed by atoms with Crippen LogP contribution in [0.1, 0.15) is 181 Å². The summed E-state index contributed by atoms with van der Waals surface area (Å²) in [7, 11) is 0. The van der Waals surface area contributed by atoms with E-state index in [0.717, 1.165) is 0 Å². The summed E-state index contributed by atoms with van der Waals surface area (Å²) in [6.07, 6.45) is 42.5. The highest BCUT2D eigenvalue weighted by molar-refractivity contribution is 4.79. The van der Waals surface area contributed by atoms with Gasteiger partial charge in [0.15, 0.2) is 0 Å². The number of hydrogen-bond donors (Lipinski definition) is 0. The van der Waals surface area contributed by atoms with Crippen molar-refractivity contribution in [1.82, 2.24) is 0 Å². The molecule has 0 radical (unpaired) electrons. The van der Waals surface area contributed by atoms with E-state index < -0.39 is 0 Å². The standard InChI is InChI=1S/C30H60/c1-3-5-7-9-11-13-15-17-19-21-23-25-27-29-30-28-26-24-22-20-18-16-14-12-10-8-6-4-2/h5,7H,3-4,6,8-30H2,1-2H3/b7-5+. The summed E-state index contributed by atoms with van der Waals surface area (Å²) in [5.74, 6) is 0. The van der Waals surface area contributed by atoms with E-state index in [1.54, 1.807) is 0 Å². The van der Waals surface area contributed by atoms with Crippen LogP contribution in [0, 0.1) is 0 Å². The molecule has 0 heterocycles. The molecule has 0 aliphatic rings. The molecule has 30 heavy (non-hydrogen) atoms. The van der Waals surface area contributed by atoms with Crippen molar-refractivity contribution in [2.45, 2.75) is 181 Å². The summed E-state index contributed by atoms with van der Waals surface area (Å²) in [6, 6.07) is 0. The second kappa shape index (κ2) is 28.7. The maximum absolute atomic E-state index is 2.36. The first-order valence-corrected chi connectivity index (χ1v) is 14.6. The Hall–Kier alpha value is -0.260. The Labute approximate surface area is 193 Å². The van der Waals surface area contributed by atoms with Gasteiger partial charge in [-0.25, -0.2) is 0 Å². The molecular weight excluding hydrogens is 360 g/mol. The van der Waals surface area contributed by atoms with Crippen LogP contribution < -0.4 is 0 Å². The molecule has 0 N–H and O–H groups in total. The van der Waals surface area contributed by atoms with Crippen molar-refractivity contribution < 1.29 is 0 Å². The van der Waals surface area contributed by atoms with Crippen molar-refractivity contribution in [3.05, 3.63) is 12.2 Å². The molecule has 0 unspecified atom stereocenters. The summed E-state index contributed by atoms with van der Waals surface area (Å²) in [6.45, 7) is 4.52. The monoisotopic (exact) mass is 420 g/mol. The number of hydrogen-bond acceptors (Lipinski definition) is 0. The van der Waals surface area contributed by atoms with Gasteiger partial charge in [0.25, 0.3) is 0 Å². The lowest BCUT2D eigenvalue weighted by Crippen LogP contribution is -1.84. The minimum Gasteiger partial charge on any atom is -0.0888 e. The summed E-state index contributed by atoms with van der Waals surface area (Å²) in [4.78, 5) is 0. The molecule has 0 saturated carbocycles. The first kappa shape index (κ1) is 29.7. The quantitative estimate of drug-likeness (QED) is 0.0963. The Bertz CT molecular complexity index is 303. The predicted molar refractivity (Wildman–Crippen MR) is 141 cm³/mol. The van der Waals surface area contributed by atoms with Crippen LogP contribution in [0.4, 0.5) is 0 Å². The Morgan fingerprint density at radius 2 is 0.567 bits per heavy atom. The van der Waals surface area contributed by atoms with Crippen molar-refractivity contribution in [2.75, 3.05) is 0 Å². The fourth-order valence-electron chi connectivity index (χ4n) is 4.51. The Balaban J connectivity index is 2.99. The van der Waals surface area contributed by atoms with Crippen LogP contribution in [0.5, 0.6) is 0 Å². The minimum absolute atomic E-state index is 1.19. The van der Waals surface area contributed by atoms with E-state index in [-0.39, 0.29) is 0 Å². The molecule has 0 nitrogen and oxygen atoms in total. The number of rotatable bonds is 26. The summed E-state index contributed by atoms with van der Waals surface area (Å²) < 4.78 is 0. The Morgan fingerprint density at radius 3 is 0.833 bits per heavy atom. The third kappa shape index (κ3) is 27.7. The molecule has 0 spiro atoms. The largest absolute Gasteiger partial charge is 0.0888 e. The normalized spacial score (nSPS) is 11.7. The van der Waals surface area contributed by atoms with Crippen molar-refractivity contribution in [1.29, 1.82) is 0 Å². The smallest absolute Gasteiger partial charge is 0.0351 e. The van der Waals surface area contributed by atoms with Crippen LogP contribution in [-0.4, -0.2) is 0 Å². The average Bonchev–Trinajstić information content (AvgIpc) is 2.76. The van der Waals surface area contributed by atoms with E-state index in [9.17, 15) is 0 Å². The van der Waals surface area contributed by atoms with E-state index in [0.29, 0.717) is 0 Å². The van der Waals surface area contributed by atoms with E-state index in [4.69, 9.17) is 0 Å². The second-order valence-corrected chi connectivity index (χ2v) is 9.80. The molecule has 0 aromatic carbocycles. The lowest BCUT2D eigenvalue weighted by atomic mass is 10.0. The van der Waals surface area contributed by atoms with E-state index in [1.165, 1.54) is 167 Å². The van der Waals surface area contributed by atoms with Gasteiger partial charge < -0.3 is 0 Å². The fourth-order valence-corrected chi connectivity index (χ4v) is 4.51. The highest BCUT2D eigenvalue weighted by Gasteiger charge is 1.96. The maximum Gasteiger partial charge on any atom is -0.0351 e. The predicted octanol–water partition coefficient (Wildman–Crippen LogP) is 11.7. The fraction of sp³-hybridized carbons (Fsp3) is 0.933. The molecule has 0 fully saturated rings. The molecule has 0 heteroatoms. The van der Waals surface area contributed by atoms with E-state index in [2.05, 4.69) is 26.0 Å². The van der Waals surface area contributed by atoms with E-state index >= 15 is 0 Å². The van der Waals surface area contributed by atoms with E-state index in [1.807, 2.05) is 0 Å². The SMILES string of the molecule is CC/C=C/CCCCCCCCCCCCCCCCCCCCCCCCCC. The van der Waals surface area contributed by atoms with Gasteiger partial charge in [0.2, 0.25) is 0 Å². The van der Waals surface area contributed by atoms with Gasteiger partial charge in [0.1, 0.15) is 0 Å². The van der Waals surface area contributed by atoms with Gasteiger partial charge in [0, 0.05) is 0 Å². The zero-order valence-electron chi connectivity index (χ0n) is 21.5. The molecule has 0 rings (SSSR count). The first-order valence-electron chi connectivity index (χ1n) is 14.6. The molecule has 180 valence electrons. The van der Waals surface area contributed by atoms with Gasteiger partial charge >= 0.3 is 0 Å². The van der Waals surface area contributed by atoms with Gasteiger partial charge in [-0.2, -0.15) is 0 Å². The zero-order chi connectivity index (χ0) is 21.8. The van der Waals surface area contributed by atoms with Crippen molar-refractivity contribution in [2.24, 2.45) is 0 Å². The lowest BCUT2D eigenvalue weighted by molar-refractivity contribution is 0.517. The number of unbranched alkanes of at least 4 members (excludes halogenated alkanes) is 24.